The molecule has 3 aromatic rings. The standard InChI is InChI=1S/C19H22N6O2/c26-17(11-10-16-22-19(24-27-16)18-20-13-21-23-18)25-12-6-2-5-9-15(25)14-7-3-1-4-8-14/h1,3-4,7-8,13,15H,2,5-6,9-12H2,(H,20,21,23). The molecule has 1 aromatic carbocycles. The van der Waals surface area contributed by atoms with E-state index in [0.717, 1.165) is 32.2 Å². The van der Waals surface area contributed by atoms with Crippen LogP contribution in [0.25, 0.3) is 11.6 Å². The second-order valence-electron chi connectivity index (χ2n) is 6.71. The smallest absolute Gasteiger partial charge is 0.239 e. The van der Waals surface area contributed by atoms with Gasteiger partial charge >= 0.3 is 0 Å². The number of hydrogen-bond donors (Lipinski definition) is 1. The molecule has 0 bridgehead atoms. The molecule has 1 atom stereocenters. The van der Waals surface area contributed by atoms with Crippen molar-refractivity contribution in [3.8, 4) is 11.6 Å². The molecule has 27 heavy (non-hydrogen) atoms. The molecule has 8 heteroatoms. The third-order valence-corrected chi connectivity index (χ3v) is 4.91. The van der Waals surface area contributed by atoms with Gasteiger partial charge in [-0.15, -0.1) is 0 Å². The quantitative estimate of drug-likeness (QED) is 0.745. The lowest BCUT2D eigenvalue weighted by molar-refractivity contribution is -0.133. The van der Waals surface area contributed by atoms with Crippen molar-refractivity contribution in [3.63, 3.8) is 0 Å². The molecule has 1 saturated heterocycles. The average Bonchev–Trinajstić information content (AvgIpc) is 3.34. The summed E-state index contributed by atoms with van der Waals surface area (Å²) in [5, 5.41) is 10.3. The maximum absolute atomic E-state index is 13.0. The van der Waals surface area contributed by atoms with E-state index in [2.05, 4.69) is 37.5 Å². The van der Waals surface area contributed by atoms with Gasteiger partial charge in [0.25, 0.3) is 0 Å². The minimum absolute atomic E-state index is 0.130. The van der Waals surface area contributed by atoms with Crippen molar-refractivity contribution in [1.82, 2.24) is 30.2 Å². The largest absolute Gasteiger partial charge is 0.339 e. The Morgan fingerprint density at radius 2 is 2.11 bits per heavy atom. The van der Waals surface area contributed by atoms with Gasteiger partial charge in [-0.25, -0.2) is 4.98 Å². The molecule has 3 heterocycles. The van der Waals surface area contributed by atoms with E-state index < -0.39 is 0 Å². The number of carbonyl (C=O) groups is 1. The van der Waals surface area contributed by atoms with Gasteiger partial charge < -0.3 is 9.42 Å². The number of hydrogen-bond acceptors (Lipinski definition) is 6. The number of H-pyrrole nitrogens is 1. The average molecular weight is 366 g/mol. The lowest BCUT2D eigenvalue weighted by Gasteiger charge is -2.30. The van der Waals surface area contributed by atoms with Crippen molar-refractivity contribution in [2.75, 3.05) is 6.54 Å². The fraction of sp³-hybridized carbons (Fsp3) is 0.421. The van der Waals surface area contributed by atoms with Crippen LogP contribution in [-0.4, -0.2) is 42.7 Å². The molecule has 0 spiro atoms. The highest BCUT2D eigenvalue weighted by Crippen LogP contribution is 2.30. The van der Waals surface area contributed by atoms with Crippen molar-refractivity contribution < 1.29 is 9.32 Å². The van der Waals surface area contributed by atoms with E-state index in [-0.39, 0.29) is 11.9 Å². The van der Waals surface area contributed by atoms with Crippen molar-refractivity contribution >= 4 is 5.91 Å². The lowest BCUT2D eigenvalue weighted by Crippen LogP contribution is -2.35. The molecule has 0 saturated carbocycles. The number of likely N-dealkylation sites (tertiary alicyclic amines) is 1. The summed E-state index contributed by atoms with van der Waals surface area (Å²) in [4.78, 5) is 23.3. The normalized spacial score (nSPS) is 17.6. The van der Waals surface area contributed by atoms with Gasteiger partial charge in [0.15, 0.2) is 5.82 Å². The molecule has 0 aliphatic carbocycles. The van der Waals surface area contributed by atoms with E-state index in [4.69, 9.17) is 4.52 Å². The van der Waals surface area contributed by atoms with Crippen molar-refractivity contribution in [2.45, 2.75) is 44.6 Å². The zero-order chi connectivity index (χ0) is 18.5. The van der Waals surface area contributed by atoms with Crippen molar-refractivity contribution in [1.29, 1.82) is 0 Å². The van der Waals surface area contributed by atoms with Gasteiger partial charge in [0.05, 0.1) is 6.04 Å². The second kappa shape index (κ2) is 8.11. The number of benzene rings is 1. The maximum atomic E-state index is 13.0. The number of aryl methyl sites for hydroxylation is 1. The highest BCUT2D eigenvalue weighted by Gasteiger charge is 2.26. The van der Waals surface area contributed by atoms with Gasteiger partial charge in [-0.1, -0.05) is 48.3 Å². The fourth-order valence-corrected chi connectivity index (χ4v) is 3.55. The van der Waals surface area contributed by atoms with E-state index >= 15 is 0 Å². The van der Waals surface area contributed by atoms with Gasteiger partial charge in [-0.05, 0) is 18.4 Å². The van der Waals surface area contributed by atoms with Crippen molar-refractivity contribution in [3.05, 3.63) is 48.1 Å². The van der Waals surface area contributed by atoms with Gasteiger partial charge in [-0.2, -0.15) is 10.1 Å². The zero-order valence-electron chi connectivity index (χ0n) is 15.0. The van der Waals surface area contributed by atoms with Gasteiger partial charge in [0, 0.05) is 19.4 Å². The van der Waals surface area contributed by atoms with E-state index in [9.17, 15) is 4.79 Å². The number of amides is 1. The summed E-state index contributed by atoms with van der Waals surface area (Å²) >= 11 is 0. The Labute approximate surface area is 157 Å². The summed E-state index contributed by atoms with van der Waals surface area (Å²) in [6, 6.07) is 10.4. The second-order valence-corrected chi connectivity index (χ2v) is 6.71. The first-order valence-corrected chi connectivity index (χ1v) is 9.34. The Balaban J connectivity index is 1.43. The highest BCUT2D eigenvalue weighted by molar-refractivity contribution is 5.77. The number of nitrogens with one attached hydrogen (secondary N) is 1. The first-order valence-electron chi connectivity index (χ1n) is 9.34. The number of carbonyl (C=O) groups excluding carboxylic acids is 1. The third-order valence-electron chi connectivity index (χ3n) is 4.91. The summed E-state index contributed by atoms with van der Waals surface area (Å²) in [6.07, 6.45) is 6.51. The van der Waals surface area contributed by atoms with E-state index in [1.807, 2.05) is 23.1 Å². The van der Waals surface area contributed by atoms with Crippen LogP contribution in [0, 0.1) is 0 Å². The Morgan fingerprint density at radius 3 is 2.93 bits per heavy atom. The summed E-state index contributed by atoms with van der Waals surface area (Å²) in [6.45, 7) is 0.797. The van der Waals surface area contributed by atoms with Gasteiger partial charge in [0.2, 0.25) is 17.6 Å². The Hall–Kier alpha value is -3.03. The Morgan fingerprint density at radius 1 is 1.22 bits per heavy atom. The zero-order valence-corrected chi connectivity index (χ0v) is 15.0. The molecule has 140 valence electrons. The van der Waals surface area contributed by atoms with Crippen LogP contribution < -0.4 is 0 Å². The molecule has 1 N–H and O–H groups in total. The molecule has 0 radical (unpaired) electrons. The minimum atomic E-state index is 0.130. The lowest BCUT2D eigenvalue weighted by atomic mass is 10.0. The minimum Gasteiger partial charge on any atom is -0.339 e. The van der Waals surface area contributed by atoms with E-state index in [1.165, 1.54) is 11.9 Å². The molecule has 4 rings (SSSR count). The van der Waals surface area contributed by atoms with Gasteiger partial charge in [0.1, 0.15) is 6.33 Å². The van der Waals surface area contributed by atoms with Crippen LogP contribution in [0.1, 0.15) is 49.6 Å². The first kappa shape index (κ1) is 17.4. The predicted octanol–water partition coefficient (Wildman–Crippen LogP) is 2.93. The Kier molecular flexibility index (Phi) is 5.22. The summed E-state index contributed by atoms with van der Waals surface area (Å²) in [5.41, 5.74) is 1.21. The molecule has 8 nitrogen and oxygen atoms in total. The van der Waals surface area contributed by atoms with Crippen LogP contribution in [0.4, 0.5) is 0 Å². The number of rotatable bonds is 5. The van der Waals surface area contributed by atoms with Crippen LogP contribution in [0.15, 0.2) is 41.2 Å². The number of aromatic amines is 1. The molecule has 1 unspecified atom stereocenters. The molecule has 1 aliphatic heterocycles. The Bertz CT molecular complexity index is 861. The fourth-order valence-electron chi connectivity index (χ4n) is 3.55. The van der Waals surface area contributed by atoms with Crippen LogP contribution in [0.5, 0.6) is 0 Å². The van der Waals surface area contributed by atoms with Crippen LogP contribution in [0.2, 0.25) is 0 Å². The SMILES string of the molecule is O=C(CCc1nc(-c2ncn[nH]2)no1)N1CCCCCC1c1ccccc1. The van der Waals surface area contributed by atoms with E-state index in [0.29, 0.717) is 30.4 Å². The van der Waals surface area contributed by atoms with Crippen molar-refractivity contribution in [2.24, 2.45) is 0 Å². The van der Waals surface area contributed by atoms with Crippen LogP contribution >= 0.6 is 0 Å². The summed E-state index contributed by atoms with van der Waals surface area (Å²) < 4.78 is 5.24. The predicted molar refractivity (Wildman–Crippen MR) is 97.4 cm³/mol. The molecule has 1 amide bonds. The van der Waals surface area contributed by atoms with Gasteiger partial charge in [-0.3, -0.25) is 9.89 Å². The molecular weight excluding hydrogens is 344 g/mol. The molecule has 1 fully saturated rings. The summed E-state index contributed by atoms with van der Waals surface area (Å²) in [5.74, 6) is 1.37. The first-order chi connectivity index (χ1) is 13.3. The number of nitrogens with zero attached hydrogens (tertiary/aromatic N) is 5. The van der Waals surface area contributed by atoms with E-state index in [1.54, 1.807) is 0 Å². The number of aromatic nitrogens is 5. The van der Waals surface area contributed by atoms with Crippen LogP contribution in [-0.2, 0) is 11.2 Å². The summed E-state index contributed by atoms with van der Waals surface area (Å²) in [7, 11) is 0. The molecule has 2 aromatic heterocycles. The van der Waals surface area contributed by atoms with Crippen LogP contribution in [0.3, 0.4) is 0 Å². The topological polar surface area (TPSA) is 101 Å². The maximum Gasteiger partial charge on any atom is 0.239 e. The monoisotopic (exact) mass is 366 g/mol. The molecule has 1 aliphatic rings. The molecular formula is C19H22N6O2. The third kappa shape index (κ3) is 4.05. The highest BCUT2D eigenvalue weighted by atomic mass is 16.5.